The van der Waals surface area contributed by atoms with Gasteiger partial charge in [0.25, 0.3) is 0 Å². The van der Waals surface area contributed by atoms with Crippen molar-refractivity contribution >= 4 is 17.3 Å². The number of anilines is 2. The van der Waals surface area contributed by atoms with Gasteiger partial charge in [0.2, 0.25) is 5.82 Å². The summed E-state index contributed by atoms with van der Waals surface area (Å²) in [5, 5.41) is 26.2. The Morgan fingerprint density at radius 2 is 2.20 bits per heavy atom. The minimum Gasteiger partial charge on any atom is -0.396 e. The highest BCUT2D eigenvalue weighted by Crippen LogP contribution is 2.48. The number of aliphatic hydroxyl groups is 1. The van der Waals surface area contributed by atoms with Crippen LogP contribution in [-0.4, -0.2) is 34.7 Å². The van der Waals surface area contributed by atoms with Gasteiger partial charge in [-0.1, -0.05) is 0 Å². The van der Waals surface area contributed by atoms with Gasteiger partial charge in [-0.25, -0.2) is 4.98 Å². The van der Waals surface area contributed by atoms with Gasteiger partial charge in [0.15, 0.2) is 0 Å². The lowest BCUT2D eigenvalue weighted by molar-refractivity contribution is -0.384. The molecule has 110 valence electrons. The molecule has 0 amide bonds. The third kappa shape index (κ3) is 3.36. The van der Waals surface area contributed by atoms with E-state index in [1.54, 1.807) is 6.07 Å². The van der Waals surface area contributed by atoms with Crippen molar-refractivity contribution in [1.29, 1.82) is 0 Å². The molecule has 1 aliphatic rings. The molecule has 1 fully saturated rings. The van der Waals surface area contributed by atoms with E-state index in [-0.39, 0.29) is 23.5 Å². The van der Waals surface area contributed by atoms with Gasteiger partial charge in [-0.3, -0.25) is 10.1 Å². The summed E-state index contributed by atoms with van der Waals surface area (Å²) >= 11 is 0. The molecule has 7 heteroatoms. The maximum absolute atomic E-state index is 11.0. The Hall–Kier alpha value is -1.89. The first-order valence-electron chi connectivity index (χ1n) is 6.84. The van der Waals surface area contributed by atoms with E-state index in [0.29, 0.717) is 18.9 Å². The normalized spacial score (nSPS) is 15.7. The van der Waals surface area contributed by atoms with Crippen LogP contribution < -0.4 is 10.6 Å². The molecule has 0 aliphatic heterocycles. The molecule has 7 nitrogen and oxygen atoms in total. The summed E-state index contributed by atoms with van der Waals surface area (Å²) in [4.78, 5) is 14.8. The van der Waals surface area contributed by atoms with Gasteiger partial charge in [0, 0.05) is 25.8 Å². The second-order valence-corrected chi connectivity index (χ2v) is 5.18. The summed E-state index contributed by atoms with van der Waals surface area (Å²) in [5.41, 5.74) is 0.0600. The van der Waals surface area contributed by atoms with E-state index < -0.39 is 4.92 Å². The Bertz CT molecular complexity index is 489. The van der Waals surface area contributed by atoms with E-state index in [1.165, 1.54) is 6.07 Å². The monoisotopic (exact) mass is 280 g/mol. The molecule has 1 saturated carbocycles. The van der Waals surface area contributed by atoms with Crippen molar-refractivity contribution < 1.29 is 10.0 Å². The first kappa shape index (κ1) is 14.5. The van der Waals surface area contributed by atoms with Crippen LogP contribution in [0, 0.1) is 15.5 Å². The standard InChI is InChI=1S/C13H20N4O3/c1-2-14-11-4-3-10(17(19)20)12(16-11)15-9-13(5-6-13)7-8-18/h3-4,18H,2,5-9H2,1H3,(H2,14,15,16). The minimum atomic E-state index is -0.434. The summed E-state index contributed by atoms with van der Waals surface area (Å²) in [7, 11) is 0. The molecule has 1 aromatic rings. The zero-order valence-corrected chi connectivity index (χ0v) is 11.6. The number of aliphatic hydroxyl groups excluding tert-OH is 1. The highest BCUT2D eigenvalue weighted by Gasteiger charge is 2.41. The van der Waals surface area contributed by atoms with Gasteiger partial charge in [-0.15, -0.1) is 0 Å². The maximum Gasteiger partial charge on any atom is 0.311 e. The Labute approximate surface area is 117 Å². The molecule has 0 unspecified atom stereocenters. The average molecular weight is 280 g/mol. The van der Waals surface area contributed by atoms with E-state index in [1.807, 2.05) is 6.92 Å². The number of nitrogens with one attached hydrogen (secondary N) is 2. The fraction of sp³-hybridized carbons (Fsp3) is 0.615. The largest absolute Gasteiger partial charge is 0.396 e. The van der Waals surface area contributed by atoms with E-state index in [2.05, 4.69) is 15.6 Å². The third-order valence-electron chi connectivity index (χ3n) is 3.66. The lowest BCUT2D eigenvalue weighted by atomic mass is 10.0. The number of hydrogen-bond donors (Lipinski definition) is 3. The van der Waals surface area contributed by atoms with Crippen molar-refractivity contribution in [3.63, 3.8) is 0 Å². The van der Waals surface area contributed by atoms with Crippen molar-refractivity contribution in [2.24, 2.45) is 5.41 Å². The molecule has 2 rings (SSSR count). The molecule has 3 N–H and O–H groups in total. The molecule has 0 atom stereocenters. The molecule has 0 bridgehead atoms. The highest BCUT2D eigenvalue weighted by atomic mass is 16.6. The Kier molecular flexibility index (Phi) is 4.39. The second-order valence-electron chi connectivity index (χ2n) is 5.18. The third-order valence-corrected chi connectivity index (χ3v) is 3.66. The van der Waals surface area contributed by atoms with E-state index in [0.717, 1.165) is 19.3 Å². The number of nitrogens with zero attached hydrogens (tertiary/aromatic N) is 2. The van der Waals surface area contributed by atoms with Crippen LogP contribution in [0.5, 0.6) is 0 Å². The van der Waals surface area contributed by atoms with Gasteiger partial charge >= 0.3 is 5.69 Å². The summed E-state index contributed by atoms with van der Waals surface area (Å²) in [6.45, 7) is 3.40. The smallest absolute Gasteiger partial charge is 0.311 e. The van der Waals surface area contributed by atoms with E-state index >= 15 is 0 Å². The Morgan fingerprint density at radius 3 is 2.75 bits per heavy atom. The lowest BCUT2D eigenvalue weighted by Crippen LogP contribution is -2.18. The molecule has 0 saturated heterocycles. The zero-order valence-electron chi connectivity index (χ0n) is 11.6. The molecule has 0 spiro atoms. The quantitative estimate of drug-likeness (QED) is 0.497. The highest BCUT2D eigenvalue weighted by molar-refractivity contribution is 5.60. The van der Waals surface area contributed by atoms with E-state index in [4.69, 9.17) is 5.11 Å². The van der Waals surface area contributed by atoms with Crippen LogP contribution >= 0.6 is 0 Å². The van der Waals surface area contributed by atoms with Crippen LogP contribution in [0.25, 0.3) is 0 Å². The maximum atomic E-state index is 11.0. The molecular formula is C13H20N4O3. The van der Waals surface area contributed by atoms with Crippen LogP contribution in [0.3, 0.4) is 0 Å². The summed E-state index contributed by atoms with van der Waals surface area (Å²) in [5.74, 6) is 0.908. The fourth-order valence-electron chi connectivity index (χ4n) is 2.21. The van der Waals surface area contributed by atoms with Crippen LogP contribution in [0.15, 0.2) is 12.1 Å². The number of hydrogen-bond acceptors (Lipinski definition) is 6. The van der Waals surface area contributed by atoms with Gasteiger partial charge in [0.05, 0.1) is 4.92 Å². The van der Waals surface area contributed by atoms with Gasteiger partial charge in [-0.05, 0) is 37.7 Å². The molecule has 1 aliphatic carbocycles. The van der Waals surface area contributed by atoms with E-state index in [9.17, 15) is 10.1 Å². The first-order valence-corrected chi connectivity index (χ1v) is 6.84. The van der Waals surface area contributed by atoms with Crippen molar-refractivity contribution in [3.8, 4) is 0 Å². The molecule has 20 heavy (non-hydrogen) atoms. The Morgan fingerprint density at radius 1 is 1.45 bits per heavy atom. The summed E-state index contributed by atoms with van der Waals surface area (Å²) in [6.07, 6.45) is 2.81. The van der Waals surface area contributed by atoms with Crippen molar-refractivity contribution in [2.75, 3.05) is 30.3 Å². The molecule has 0 aromatic carbocycles. The van der Waals surface area contributed by atoms with Crippen LogP contribution in [0.4, 0.5) is 17.3 Å². The van der Waals surface area contributed by atoms with Crippen molar-refractivity contribution in [3.05, 3.63) is 22.2 Å². The SMILES string of the molecule is CCNc1ccc([N+](=O)[O-])c(NCC2(CCO)CC2)n1. The number of pyridine rings is 1. The van der Waals surface area contributed by atoms with Gasteiger partial charge < -0.3 is 15.7 Å². The first-order chi connectivity index (χ1) is 9.60. The van der Waals surface area contributed by atoms with Crippen molar-refractivity contribution in [2.45, 2.75) is 26.2 Å². The molecule has 1 aromatic heterocycles. The van der Waals surface area contributed by atoms with Crippen LogP contribution in [0.2, 0.25) is 0 Å². The lowest BCUT2D eigenvalue weighted by Gasteiger charge is -2.15. The topological polar surface area (TPSA) is 100 Å². The molecule has 0 radical (unpaired) electrons. The zero-order chi connectivity index (χ0) is 14.6. The summed E-state index contributed by atoms with van der Waals surface area (Å²) in [6, 6.07) is 3.06. The number of rotatable bonds is 8. The predicted molar refractivity (Wildman–Crippen MR) is 76.9 cm³/mol. The molecular weight excluding hydrogens is 260 g/mol. The fourth-order valence-corrected chi connectivity index (χ4v) is 2.21. The van der Waals surface area contributed by atoms with Crippen molar-refractivity contribution in [1.82, 2.24) is 4.98 Å². The van der Waals surface area contributed by atoms with Crippen LogP contribution in [0.1, 0.15) is 26.2 Å². The van der Waals surface area contributed by atoms with Gasteiger partial charge in [-0.2, -0.15) is 0 Å². The Balaban J connectivity index is 2.11. The van der Waals surface area contributed by atoms with Gasteiger partial charge in [0.1, 0.15) is 5.82 Å². The number of nitro groups is 1. The second kappa shape index (κ2) is 6.04. The average Bonchev–Trinajstić information content (AvgIpc) is 3.17. The minimum absolute atomic E-state index is 0.0218. The van der Waals surface area contributed by atoms with Crippen LogP contribution in [-0.2, 0) is 0 Å². The number of aromatic nitrogens is 1. The summed E-state index contributed by atoms with van der Waals surface area (Å²) < 4.78 is 0. The molecule has 1 heterocycles. The predicted octanol–water partition coefficient (Wildman–Crippen LogP) is 2.00.